The van der Waals surface area contributed by atoms with E-state index in [-0.39, 0.29) is 18.2 Å². The summed E-state index contributed by atoms with van der Waals surface area (Å²) in [6.45, 7) is 7.68. The molecule has 47 heavy (non-hydrogen) atoms. The van der Waals surface area contributed by atoms with Crippen LogP contribution >= 0.6 is 11.6 Å². The van der Waals surface area contributed by atoms with Crippen LogP contribution in [0.3, 0.4) is 0 Å². The second kappa shape index (κ2) is 12.5. The zero-order valence-corrected chi connectivity index (χ0v) is 28.0. The molecule has 1 N–H and O–H groups in total. The van der Waals surface area contributed by atoms with E-state index in [0.29, 0.717) is 49.2 Å². The van der Waals surface area contributed by atoms with Crippen molar-refractivity contribution in [2.24, 2.45) is 0 Å². The minimum Gasteiger partial charge on any atom is -0.472 e. The highest BCUT2D eigenvalue weighted by Gasteiger charge is 2.50. The second-order valence-electron chi connectivity index (χ2n) is 14.3. The van der Waals surface area contributed by atoms with E-state index in [0.717, 1.165) is 66.6 Å². The molecule has 1 unspecified atom stereocenters. The van der Waals surface area contributed by atoms with Gasteiger partial charge in [-0.25, -0.2) is 9.18 Å². The van der Waals surface area contributed by atoms with Gasteiger partial charge in [-0.15, -0.1) is 0 Å². The number of anilines is 1. The maximum absolute atomic E-state index is 14.5. The Morgan fingerprint density at radius 1 is 1.13 bits per heavy atom. The number of aromatic nitrogens is 2. The predicted octanol–water partition coefficient (Wildman–Crippen LogP) is 7.32. The summed E-state index contributed by atoms with van der Waals surface area (Å²) in [4.78, 5) is 24.5. The van der Waals surface area contributed by atoms with Crippen molar-refractivity contribution in [3.8, 4) is 11.9 Å². The Kier molecular flexibility index (Phi) is 8.55. The predicted molar refractivity (Wildman–Crippen MR) is 176 cm³/mol. The fraction of sp³-hybridized carbons (Fsp3) is 0.528. The SMILES string of the molecule is CC(C)(C)OC(=O)Nc1cc(Cl)c2c(c1)C1(CCC2)Cc2nc(OC[C@@]34CCCN3C[C@H](F)C4)nc(OCc3ccccc3)c2CO1. The summed E-state index contributed by atoms with van der Waals surface area (Å²) in [6, 6.07) is 13.9. The number of fused-ring (bicyclic) bond motifs is 4. The van der Waals surface area contributed by atoms with E-state index in [4.69, 9.17) is 40.5 Å². The molecule has 1 spiro atoms. The van der Waals surface area contributed by atoms with Crippen LogP contribution in [0.25, 0.3) is 0 Å². The summed E-state index contributed by atoms with van der Waals surface area (Å²) >= 11 is 6.83. The maximum atomic E-state index is 14.5. The van der Waals surface area contributed by atoms with Gasteiger partial charge in [-0.3, -0.25) is 10.2 Å². The van der Waals surface area contributed by atoms with Crippen molar-refractivity contribution in [1.29, 1.82) is 0 Å². The van der Waals surface area contributed by atoms with Gasteiger partial charge >= 0.3 is 12.1 Å². The van der Waals surface area contributed by atoms with Crippen LogP contribution in [0, 0.1) is 0 Å². The van der Waals surface area contributed by atoms with Crippen LogP contribution in [0.15, 0.2) is 42.5 Å². The molecule has 3 aliphatic heterocycles. The lowest BCUT2D eigenvalue weighted by Crippen LogP contribution is -2.43. The number of nitrogens with one attached hydrogen (secondary N) is 1. The first-order valence-electron chi connectivity index (χ1n) is 16.6. The van der Waals surface area contributed by atoms with Gasteiger partial charge in [0.15, 0.2) is 0 Å². The molecule has 3 atom stereocenters. The number of amides is 1. The van der Waals surface area contributed by atoms with Gasteiger partial charge in [0.2, 0.25) is 5.88 Å². The van der Waals surface area contributed by atoms with Crippen LogP contribution in [0.2, 0.25) is 5.02 Å². The number of hydrogen-bond acceptors (Lipinski definition) is 8. The Bertz CT molecular complexity index is 1650. The molecule has 250 valence electrons. The van der Waals surface area contributed by atoms with Gasteiger partial charge in [0.25, 0.3) is 0 Å². The molecule has 9 nitrogen and oxygen atoms in total. The highest BCUT2D eigenvalue weighted by molar-refractivity contribution is 6.31. The molecule has 11 heteroatoms. The van der Waals surface area contributed by atoms with Crippen LogP contribution in [0.1, 0.15) is 80.8 Å². The van der Waals surface area contributed by atoms with Crippen molar-refractivity contribution in [2.45, 2.75) is 102 Å². The lowest BCUT2D eigenvalue weighted by Gasteiger charge is -2.42. The number of hydrogen-bond donors (Lipinski definition) is 1. The first-order valence-corrected chi connectivity index (χ1v) is 16.9. The number of ether oxygens (including phenoxy) is 4. The van der Waals surface area contributed by atoms with Crippen molar-refractivity contribution >= 4 is 23.4 Å². The molecule has 0 bridgehead atoms. The Balaban J connectivity index is 1.20. The fourth-order valence-corrected chi connectivity index (χ4v) is 7.99. The fourth-order valence-electron chi connectivity index (χ4n) is 7.68. The number of alkyl halides is 1. The third kappa shape index (κ3) is 6.65. The molecule has 3 aromatic rings. The van der Waals surface area contributed by atoms with Crippen molar-refractivity contribution in [2.75, 3.05) is 25.0 Å². The van der Waals surface area contributed by atoms with E-state index in [9.17, 15) is 9.18 Å². The summed E-state index contributed by atoms with van der Waals surface area (Å²) in [7, 11) is 0. The van der Waals surface area contributed by atoms with Gasteiger partial charge in [0.1, 0.15) is 25.0 Å². The first kappa shape index (κ1) is 32.1. The second-order valence-corrected chi connectivity index (χ2v) is 14.7. The Labute approximate surface area is 280 Å². The zero-order valence-electron chi connectivity index (χ0n) is 27.2. The number of halogens is 2. The highest BCUT2D eigenvalue weighted by atomic mass is 35.5. The van der Waals surface area contributed by atoms with Crippen LogP contribution in [-0.4, -0.2) is 58.0 Å². The molecule has 0 saturated carbocycles. The van der Waals surface area contributed by atoms with Gasteiger partial charge in [-0.1, -0.05) is 41.9 Å². The number of carbonyl (C=O) groups excluding carboxylic acids is 1. The Morgan fingerprint density at radius 3 is 2.77 bits per heavy atom. The molecule has 1 aliphatic carbocycles. The van der Waals surface area contributed by atoms with Crippen molar-refractivity contribution < 1.29 is 28.1 Å². The lowest BCUT2D eigenvalue weighted by molar-refractivity contribution is -0.0867. The maximum Gasteiger partial charge on any atom is 0.412 e. The smallest absolute Gasteiger partial charge is 0.412 e. The molecule has 7 rings (SSSR count). The Hall–Kier alpha value is -3.47. The molecule has 4 heterocycles. The van der Waals surface area contributed by atoms with Crippen molar-refractivity contribution in [1.82, 2.24) is 14.9 Å². The highest BCUT2D eigenvalue weighted by Crippen LogP contribution is 2.48. The quantitative estimate of drug-likeness (QED) is 0.281. The van der Waals surface area contributed by atoms with E-state index in [1.165, 1.54) is 0 Å². The summed E-state index contributed by atoms with van der Waals surface area (Å²) in [5.41, 5.74) is 3.37. The van der Waals surface area contributed by atoms with Crippen LogP contribution in [0.5, 0.6) is 11.9 Å². The normalized spacial score (nSPS) is 25.2. The minimum atomic E-state index is -0.849. The number of nitrogens with zero attached hydrogens (tertiary/aromatic N) is 3. The molecule has 2 fully saturated rings. The average Bonchev–Trinajstić information content (AvgIpc) is 3.54. The number of carbonyl (C=O) groups is 1. The zero-order chi connectivity index (χ0) is 32.8. The topological polar surface area (TPSA) is 95.0 Å². The molecule has 2 aromatic carbocycles. The summed E-state index contributed by atoms with van der Waals surface area (Å²) in [5.74, 6) is 0.425. The van der Waals surface area contributed by atoms with Gasteiger partial charge < -0.3 is 18.9 Å². The summed E-state index contributed by atoms with van der Waals surface area (Å²) in [5, 5.41) is 3.42. The summed E-state index contributed by atoms with van der Waals surface area (Å²) < 4.78 is 39.4. The molecule has 1 amide bonds. The average molecular weight is 665 g/mol. The number of benzene rings is 2. The van der Waals surface area contributed by atoms with Gasteiger partial charge in [-0.2, -0.15) is 9.97 Å². The van der Waals surface area contributed by atoms with Crippen LogP contribution in [-0.2, 0) is 41.1 Å². The van der Waals surface area contributed by atoms with Gasteiger partial charge in [0, 0.05) is 30.1 Å². The first-order chi connectivity index (χ1) is 22.5. The number of rotatable bonds is 7. The van der Waals surface area contributed by atoms with E-state index in [1.807, 2.05) is 57.2 Å². The van der Waals surface area contributed by atoms with E-state index >= 15 is 0 Å². The third-order valence-electron chi connectivity index (χ3n) is 9.77. The molecule has 0 radical (unpaired) electrons. The molecule has 1 aromatic heterocycles. The van der Waals surface area contributed by atoms with Crippen LogP contribution < -0.4 is 14.8 Å². The Morgan fingerprint density at radius 2 is 1.96 bits per heavy atom. The van der Waals surface area contributed by atoms with E-state index in [1.54, 1.807) is 6.07 Å². The van der Waals surface area contributed by atoms with Gasteiger partial charge in [-0.05, 0) is 88.2 Å². The van der Waals surface area contributed by atoms with Crippen molar-refractivity contribution in [3.05, 3.63) is 75.4 Å². The van der Waals surface area contributed by atoms with Crippen molar-refractivity contribution in [3.63, 3.8) is 0 Å². The van der Waals surface area contributed by atoms with Gasteiger partial charge in [0.05, 0.1) is 29.0 Å². The molecule has 4 aliphatic rings. The molecular formula is C36H42ClFN4O5. The monoisotopic (exact) mass is 664 g/mol. The largest absolute Gasteiger partial charge is 0.472 e. The summed E-state index contributed by atoms with van der Waals surface area (Å²) in [6.07, 6.45) is 3.87. The van der Waals surface area contributed by atoms with E-state index < -0.39 is 23.5 Å². The molecule has 2 saturated heterocycles. The third-order valence-corrected chi connectivity index (χ3v) is 10.1. The van der Waals surface area contributed by atoms with Crippen LogP contribution in [0.4, 0.5) is 14.9 Å². The lowest BCUT2D eigenvalue weighted by atomic mass is 9.74. The van der Waals surface area contributed by atoms with E-state index in [2.05, 4.69) is 10.2 Å². The standard InChI is InChI=1S/C36H42ClFN4O5/c1-34(2,3)47-33(43)39-25-15-28-26(29(37)16-25)11-7-13-36(28)18-30-27(21-46-36)31(44-20-23-9-5-4-6-10-23)41-32(40-30)45-22-35-12-8-14-42(35)19-24(38)17-35/h4-6,9-10,15-16,24H,7-8,11-14,17-22H2,1-3H3,(H,39,43)/t24-,35+,36?/m1/s1. The minimum absolute atomic E-state index is 0.224. The molecular weight excluding hydrogens is 623 g/mol.